The minimum Gasteiger partial charge on any atom is -0.393 e. The van der Waals surface area contributed by atoms with Gasteiger partial charge in [-0.25, -0.2) is 4.39 Å². The van der Waals surface area contributed by atoms with E-state index >= 15 is 0 Å². The molecule has 3 fully saturated rings. The van der Waals surface area contributed by atoms with Gasteiger partial charge in [0.2, 0.25) is 0 Å². The summed E-state index contributed by atoms with van der Waals surface area (Å²) >= 11 is 0. The van der Waals surface area contributed by atoms with E-state index in [9.17, 15) is 9.50 Å². The predicted octanol–water partition coefficient (Wildman–Crippen LogP) is 5.92. The van der Waals surface area contributed by atoms with Gasteiger partial charge >= 0.3 is 0 Å². The molecule has 5 rings (SSSR count). The summed E-state index contributed by atoms with van der Waals surface area (Å²) in [5.41, 5.74) is 4.09. The van der Waals surface area contributed by atoms with Crippen molar-refractivity contribution in [3.8, 4) is 0 Å². The van der Waals surface area contributed by atoms with Crippen LogP contribution in [0.2, 0.25) is 0 Å². The van der Waals surface area contributed by atoms with Gasteiger partial charge in [0.1, 0.15) is 5.82 Å². The van der Waals surface area contributed by atoms with Crippen LogP contribution in [0.25, 0.3) is 0 Å². The first-order valence-electron chi connectivity index (χ1n) is 11.6. The number of aliphatic hydroxyl groups excluding tert-OH is 1. The summed E-state index contributed by atoms with van der Waals surface area (Å²) in [4.78, 5) is 0. The highest BCUT2D eigenvalue weighted by Crippen LogP contribution is 2.64. The normalized spacial score (nSPS) is 42.0. The maximum Gasteiger partial charge on any atom is 0.123 e. The van der Waals surface area contributed by atoms with E-state index in [1.807, 2.05) is 0 Å². The molecule has 0 aromatic heterocycles. The number of nitrogens with zero attached hydrogens (tertiary/aromatic N) is 2. The summed E-state index contributed by atoms with van der Waals surface area (Å²) in [5.74, 6) is 1.91. The molecule has 1 aromatic rings. The lowest BCUT2D eigenvalue weighted by molar-refractivity contribution is -0.0209. The van der Waals surface area contributed by atoms with Crippen LogP contribution < -0.4 is 0 Å². The van der Waals surface area contributed by atoms with Crippen LogP contribution in [-0.2, 0) is 0 Å². The topological polar surface area (TPSA) is 45.0 Å². The van der Waals surface area contributed by atoms with E-state index in [4.69, 9.17) is 0 Å². The predicted molar refractivity (Wildman–Crippen MR) is 119 cm³/mol. The molecule has 0 spiro atoms. The molecule has 4 aliphatic rings. The van der Waals surface area contributed by atoms with Gasteiger partial charge in [0, 0.05) is 11.1 Å². The molecule has 4 aliphatic carbocycles. The zero-order valence-electron chi connectivity index (χ0n) is 18.1. The average molecular weight is 409 g/mol. The summed E-state index contributed by atoms with van der Waals surface area (Å²) in [6.45, 7) is 4.89. The largest absolute Gasteiger partial charge is 0.393 e. The van der Waals surface area contributed by atoms with Gasteiger partial charge < -0.3 is 5.11 Å². The van der Waals surface area contributed by atoms with E-state index in [-0.39, 0.29) is 22.8 Å². The SMILES string of the molecule is C[C@]12CC[C@H](O)CC1=CC[C@@H]1[C@@H]2CC[C@]2(C)/C(=N/N=C\c3ccc(F)cc3)CC[C@@H]12. The molecule has 0 amide bonds. The molecule has 30 heavy (non-hydrogen) atoms. The molecule has 0 saturated heterocycles. The summed E-state index contributed by atoms with van der Waals surface area (Å²) in [6, 6.07) is 6.38. The zero-order valence-corrected chi connectivity index (χ0v) is 18.1. The molecular formula is C26H33FN2O. The first kappa shape index (κ1) is 20.1. The van der Waals surface area contributed by atoms with Crippen molar-refractivity contribution in [3.05, 3.63) is 47.3 Å². The summed E-state index contributed by atoms with van der Waals surface area (Å²) in [5, 5.41) is 19.2. The standard InChI is InChI=1S/C26H33FN2O/c1-25-13-11-20(30)15-18(25)5-8-21-22-9-10-24(26(22,2)14-12-23(21)25)29-28-16-17-3-6-19(27)7-4-17/h3-7,16,20-23,30H,8-15H2,1-2H3/b28-16-,29-24+/t20-,21-,22-,23-,25-,26-/m0/s1. The maximum atomic E-state index is 13.1. The van der Waals surface area contributed by atoms with Crippen LogP contribution >= 0.6 is 0 Å². The number of benzene rings is 1. The molecule has 0 radical (unpaired) electrons. The lowest BCUT2D eigenvalue weighted by Crippen LogP contribution is -2.50. The van der Waals surface area contributed by atoms with Crippen LogP contribution in [0.1, 0.15) is 70.8 Å². The van der Waals surface area contributed by atoms with Crippen LogP contribution in [0.15, 0.2) is 46.1 Å². The molecule has 0 bridgehead atoms. The fourth-order valence-electron chi connectivity index (χ4n) is 7.31. The fraction of sp³-hybridized carbons (Fsp3) is 0.615. The molecule has 3 saturated carbocycles. The molecule has 0 aliphatic heterocycles. The number of aliphatic hydroxyl groups is 1. The number of hydrogen-bond donors (Lipinski definition) is 1. The molecule has 0 heterocycles. The Balaban J connectivity index is 1.37. The highest BCUT2D eigenvalue weighted by molar-refractivity contribution is 5.93. The van der Waals surface area contributed by atoms with Crippen LogP contribution in [0.5, 0.6) is 0 Å². The van der Waals surface area contributed by atoms with E-state index in [1.54, 1.807) is 18.3 Å². The Morgan fingerprint density at radius 2 is 1.77 bits per heavy atom. The summed E-state index contributed by atoms with van der Waals surface area (Å²) in [7, 11) is 0. The first-order chi connectivity index (χ1) is 14.4. The molecule has 160 valence electrons. The average Bonchev–Trinajstić information content (AvgIpc) is 3.06. The fourth-order valence-corrected chi connectivity index (χ4v) is 7.31. The second-order valence-corrected chi connectivity index (χ2v) is 10.5. The Kier molecular flexibility index (Phi) is 4.96. The van der Waals surface area contributed by atoms with Gasteiger partial charge in [0.05, 0.1) is 12.3 Å². The summed E-state index contributed by atoms with van der Waals surface area (Å²) in [6.07, 6.45) is 12.9. The van der Waals surface area contributed by atoms with Crippen molar-refractivity contribution >= 4 is 11.9 Å². The Labute approximate surface area is 179 Å². The van der Waals surface area contributed by atoms with Crippen molar-refractivity contribution in [2.45, 2.75) is 71.3 Å². The van der Waals surface area contributed by atoms with Crippen LogP contribution in [0.4, 0.5) is 4.39 Å². The Hall–Kier alpha value is -1.81. The van der Waals surface area contributed by atoms with Crippen molar-refractivity contribution in [3.63, 3.8) is 0 Å². The van der Waals surface area contributed by atoms with E-state index in [0.29, 0.717) is 5.92 Å². The van der Waals surface area contributed by atoms with E-state index in [2.05, 4.69) is 30.1 Å². The van der Waals surface area contributed by atoms with Gasteiger partial charge in [-0.05, 0) is 92.2 Å². The van der Waals surface area contributed by atoms with Crippen molar-refractivity contribution in [1.82, 2.24) is 0 Å². The van der Waals surface area contributed by atoms with Crippen molar-refractivity contribution in [2.24, 2.45) is 38.8 Å². The molecule has 0 unspecified atom stereocenters. The minimum atomic E-state index is -0.229. The van der Waals surface area contributed by atoms with Gasteiger partial charge in [-0.3, -0.25) is 0 Å². The van der Waals surface area contributed by atoms with Gasteiger partial charge in [0.25, 0.3) is 0 Å². The Morgan fingerprint density at radius 3 is 2.57 bits per heavy atom. The monoisotopic (exact) mass is 408 g/mol. The lowest BCUT2D eigenvalue weighted by Gasteiger charge is -2.57. The van der Waals surface area contributed by atoms with Crippen LogP contribution in [0.3, 0.4) is 0 Å². The smallest absolute Gasteiger partial charge is 0.123 e. The number of fused-ring (bicyclic) bond motifs is 5. The van der Waals surface area contributed by atoms with E-state index < -0.39 is 0 Å². The third-order valence-corrected chi connectivity index (χ3v) is 9.07. The van der Waals surface area contributed by atoms with Gasteiger partial charge in [-0.1, -0.05) is 37.6 Å². The Bertz CT molecular complexity index is 904. The minimum absolute atomic E-state index is 0.140. The van der Waals surface area contributed by atoms with Crippen LogP contribution in [0, 0.1) is 34.4 Å². The highest BCUT2D eigenvalue weighted by Gasteiger charge is 2.57. The molecule has 3 nitrogen and oxygen atoms in total. The number of allylic oxidation sites excluding steroid dienone is 1. The molecule has 1 N–H and O–H groups in total. The maximum absolute atomic E-state index is 13.1. The third kappa shape index (κ3) is 3.19. The zero-order chi connectivity index (χ0) is 20.9. The highest BCUT2D eigenvalue weighted by atomic mass is 19.1. The van der Waals surface area contributed by atoms with E-state index in [1.165, 1.54) is 42.7 Å². The number of halogens is 1. The molecule has 1 aromatic carbocycles. The molecule has 4 heteroatoms. The number of rotatable bonds is 2. The second kappa shape index (κ2) is 7.40. The lowest BCUT2D eigenvalue weighted by atomic mass is 9.48. The van der Waals surface area contributed by atoms with Gasteiger partial charge in [0.15, 0.2) is 0 Å². The molecule has 6 atom stereocenters. The van der Waals surface area contributed by atoms with Crippen LogP contribution in [-0.4, -0.2) is 23.1 Å². The quantitative estimate of drug-likeness (QED) is 0.368. The van der Waals surface area contributed by atoms with Crippen molar-refractivity contribution < 1.29 is 9.50 Å². The van der Waals surface area contributed by atoms with Crippen molar-refractivity contribution in [1.29, 1.82) is 0 Å². The number of hydrogen-bond acceptors (Lipinski definition) is 3. The van der Waals surface area contributed by atoms with Gasteiger partial charge in [-0.15, -0.1) is 0 Å². The van der Waals surface area contributed by atoms with Gasteiger partial charge in [-0.2, -0.15) is 10.2 Å². The molecular weight excluding hydrogens is 375 g/mol. The first-order valence-corrected chi connectivity index (χ1v) is 11.6. The van der Waals surface area contributed by atoms with E-state index in [0.717, 1.165) is 49.5 Å². The Morgan fingerprint density at radius 1 is 1.03 bits per heavy atom. The summed E-state index contributed by atoms with van der Waals surface area (Å²) < 4.78 is 13.1. The van der Waals surface area contributed by atoms with Crippen molar-refractivity contribution in [2.75, 3.05) is 0 Å². The third-order valence-electron chi connectivity index (χ3n) is 9.07. The second-order valence-electron chi connectivity index (χ2n) is 10.5.